The van der Waals surface area contributed by atoms with Crippen molar-refractivity contribution in [3.05, 3.63) is 71.3 Å². The van der Waals surface area contributed by atoms with Gasteiger partial charge in [-0.15, -0.1) is 0 Å². The summed E-state index contributed by atoms with van der Waals surface area (Å²) in [5.41, 5.74) is 3.34. The highest BCUT2D eigenvalue weighted by Gasteiger charge is 2.28. The first kappa shape index (κ1) is 15.9. The highest BCUT2D eigenvalue weighted by atomic mass is 16.1. The topological polar surface area (TPSA) is 20.3 Å². The number of ketones is 1. The van der Waals surface area contributed by atoms with Gasteiger partial charge in [0.15, 0.2) is 5.78 Å². The molecule has 0 radical (unpaired) electrons. The number of Topliss-reactive ketones (excluding diaryl/α,β-unsaturated/α-hetero) is 1. The third-order valence-electron chi connectivity index (χ3n) is 4.74. The van der Waals surface area contributed by atoms with Crippen molar-refractivity contribution in [1.82, 2.24) is 4.90 Å². The number of rotatable bonds is 5. The summed E-state index contributed by atoms with van der Waals surface area (Å²) in [5, 5.41) is 0. The fourth-order valence-corrected chi connectivity index (χ4v) is 3.36. The molecule has 2 heteroatoms. The zero-order chi connectivity index (χ0) is 16.1. The lowest BCUT2D eigenvalue weighted by molar-refractivity contribution is 0.0783. The van der Waals surface area contributed by atoms with Gasteiger partial charge in [0.1, 0.15) is 0 Å². The summed E-state index contributed by atoms with van der Waals surface area (Å²) in [6.07, 6.45) is 4.49. The van der Waals surface area contributed by atoms with Gasteiger partial charge in [0, 0.05) is 5.56 Å². The summed E-state index contributed by atoms with van der Waals surface area (Å²) >= 11 is 0. The molecule has 0 N–H and O–H groups in total. The molecule has 1 heterocycles. The molecule has 1 atom stereocenters. The first-order valence-corrected chi connectivity index (χ1v) is 8.63. The van der Waals surface area contributed by atoms with Gasteiger partial charge in [-0.3, -0.25) is 9.69 Å². The number of hydrogen-bond acceptors (Lipinski definition) is 2. The maximum absolute atomic E-state index is 13.1. The molecule has 0 bridgehead atoms. The smallest absolute Gasteiger partial charge is 0.180 e. The van der Waals surface area contributed by atoms with Crippen LogP contribution in [-0.4, -0.2) is 29.8 Å². The zero-order valence-corrected chi connectivity index (χ0v) is 13.9. The lowest BCUT2D eigenvalue weighted by atomic mass is 9.94. The van der Waals surface area contributed by atoms with Crippen LogP contribution in [0.25, 0.3) is 0 Å². The predicted octanol–water partition coefficient (Wildman–Crippen LogP) is 4.27. The van der Waals surface area contributed by atoms with E-state index in [0.29, 0.717) is 0 Å². The SMILES string of the molecule is Cc1ccc(CC(C(=O)c2ccccc2)N2CCCCC2)cc1. The molecule has 0 aromatic heterocycles. The lowest BCUT2D eigenvalue weighted by Crippen LogP contribution is -2.45. The molecular weight excluding hydrogens is 282 g/mol. The number of aryl methyl sites for hydroxylation is 1. The van der Waals surface area contributed by atoms with Crippen LogP contribution in [-0.2, 0) is 6.42 Å². The fourth-order valence-electron chi connectivity index (χ4n) is 3.36. The molecule has 2 aromatic carbocycles. The molecule has 2 nitrogen and oxygen atoms in total. The maximum atomic E-state index is 13.1. The van der Waals surface area contributed by atoms with E-state index in [2.05, 4.69) is 36.1 Å². The van der Waals surface area contributed by atoms with Crippen molar-refractivity contribution in [1.29, 1.82) is 0 Å². The van der Waals surface area contributed by atoms with E-state index < -0.39 is 0 Å². The molecular formula is C21H25NO. The number of likely N-dealkylation sites (tertiary alicyclic amines) is 1. The summed E-state index contributed by atoms with van der Waals surface area (Å²) in [5.74, 6) is 0.257. The van der Waals surface area contributed by atoms with E-state index in [-0.39, 0.29) is 11.8 Å². The van der Waals surface area contributed by atoms with Gasteiger partial charge in [-0.2, -0.15) is 0 Å². The van der Waals surface area contributed by atoms with Crippen LogP contribution in [0.15, 0.2) is 54.6 Å². The number of carbonyl (C=O) groups is 1. The Labute approximate surface area is 139 Å². The van der Waals surface area contributed by atoms with Crippen molar-refractivity contribution < 1.29 is 4.79 Å². The van der Waals surface area contributed by atoms with Crippen molar-refractivity contribution in [3.8, 4) is 0 Å². The largest absolute Gasteiger partial charge is 0.293 e. The van der Waals surface area contributed by atoms with Crippen molar-refractivity contribution in [2.45, 2.75) is 38.6 Å². The third-order valence-corrected chi connectivity index (χ3v) is 4.74. The second-order valence-corrected chi connectivity index (χ2v) is 6.53. The standard InChI is InChI=1S/C21H25NO/c1-17-10-12-18(13-11-17)16-20(22-14-6-3-7-15-22)21(23)19-8-4-2-5-9-19/h2,4-5,8-13,20H,3,6-7,14-16H2,1H3. The van der Waals surface area contributed by atoms with Crippen LogP contribution in [0, 0.1) is 6.92 Å². The van der Waals surface area contributed by atoms with E-state index in [1.807, 2.05) is 30.3 Å². The summed E-state index contributed by atoms with van der Waals surface area (Å²) in [4.78, 5) is 15.5. The third kappa shape index (κ3) is 4.08. The van der Waals surface area contributed by atoms with Gasteiger partial charge in [0.2, 0.25) is 0 Å². The molecule has 0 amide bonds. The molecule has 120 valence electrons. The first-order chi connectivity index (χ1) is 11.2. The van der Waals surface area contributed by atoms with Crippen LogP contribution in [0.4, 0.5) is 0 Å². The molecule has 2 aromatic rings. The molecule has 1 aliphatic heterocycles. The van der Waals surface area contributed by atoms with E-state index in [1.54, 1.807) is 0 Å². The summed E-state index contributed by atoms with van der Waals surface area (Å²) < 4.78 is 0. The molecule has 0 aliphatic carbocycles. The number of benzene rings is 2. The number of piperidine rings is 1. The molecule has 1 fully saturated rings. The minimum atomic E-state index is -0.0413. The average Bonchev–Trinajstić information content (AvgIpc) is 2.62. The Morgan fingerprint density at radius 1 is 0.957 bits per heavy atom. The van der Waals surface area contributed by atoms with Crippen molar-refractivity contribution in [2.24, 2.45) is 0 Å². The van der Waals surface area contributed by atoms with Crippen LogP contribution in [0.1, 0.15) is 40.7 Å². The van der Waals surface area contributed by atoms with E-state index in [9.17, 15) is 4.79 Å². The van der Waals surface area contributed by atoms with Crippen molar-refractivity contribution in [2.75, 3.05) is 13.1 Å². The van der Waals surface area contributed by atoms with Gasteiger partial charge >= 0.3 is 0 Å². The molecule has 23 heavy (non-hydrogen) atoms. The fraction of sp³-hybridized carbons (Fsp3) is 0.381. The van der Waals surface area contributed by atoms with Crippen LogP contribution < -0.4 is 0 Å². The van der Waals surface area contributed by atoms with Crippen molar-refractivity contribution in [3.63, 3.8) is 0 Å². The van der Waals surface area contributed by atoms with Crippen LogP contribution >= 0.6 is 0 Å². The van der Waals surface area contributed by atoms with Gasteiger partial charge in [0.25, 0.3) is 0 Å². The van der Waals surface area contributed by atoms with E-state index in [4.69, 9.17) is 0 Å². The van der Waals surface area contributed by atoms with Gasteiger partial charge in [-0.25, -0.2) is 0 Å². The normalized spacial score (nSPS) is 16.9. The van der Waals surface area contributed by atoms with Gasteiger partial charge in [0.05, 0.1) is 6.04 Å². The summed E-state index contributed by atoms with van der Waals surface area (Å²) in [6.45, 7) is 4.17. The number of hydrogen-bond donors (Lipinski definition) is 0. The molecule has 0 saturated carbocycles. The van der Waals surface area contributed by atoms with Crippen LogP contribution in [0.5, 0.6) is 0 Å². The summed E-state index contributed by atoms with van der Waals surface area (Å²) in [7, 11) is 0. The summed E-state index contributed by atoms with van der Waals surface area (Å²) in [6, 6.07) is 18.3. The molecule has 1 saturated heterocycles. The Hall–Kier alpha value is -1.93. The van der Waals surface area contributed by atoms with Crippen LogP contribution in [0.2, 0.25) is 0 Å². The Balaban J connectivity index is 1.83. The lowest BCUT2D eigenvalue weighted by Gasteiger charge is -2.34. The van der Waals surface area contributed by atoms with Gasteiger partial charge in [-0.1, -0.05) is 66.6 Å². The second kappa shape index (κ2) is 7.56. The quantitative estimate of drug-likeness (QED) is 0.769. The van der Waals surface area contributed by atoms with E-state index in [0.717, 1.165) is 25.1 Å². The molecule has 0 spiro atoms. The van der Waals surface area contributed by atoms with Gasteiger partial charge in [-0.05, 0) is 44.8 Å². The minimum Gasteiger partial charge on any atom is -0.293 e. The van der Waals surface area contributed by atoms with E-state index >= 15 is 0 Å². The van der Waals surface area contributed by atoms with Crippen LogP contribution in [0.3, 0.4) is 0 Å². The monoisotopic (exact) mass is 307 g/mol. The Kier molecular flexibility index (Phi) is 5.24. The predicted molar refractivity (Wildman–Crippen MR) is 94.9 cm³/mol. The molecule has 1 aliphatic rings. The highest BCUT2D eigenvalue weighted by Crippen LogP contribution is 2.19. The Morgan fingerprint density at radius 3 is 2.26 bits per heavy atom. The highest BCUT2D eigenvalue weighted by molar-refractivity contribution is 6.00. The Morgan fingerprint density at radius 2 is 1.61 bits per heavy atom. The molecule has 3 rings (SSSR count). The second-order valence-electron chi connectivity index (χ2n) is 6.53. The van der Waals surface area contributed by atoms with Gasteiger partial charge < -0.3 is 0 Å². The average molecular weight is 307 g/mol. The zero-order valence-electron chi connectivity index (χ0n) is 13.9. The molecule has 1 unspecified atom stereocenters. The maximum Gasteiger partial charge on any atom is 0.180 e. The Bertz CT molecular complexity index is 627. The van der Waals surface area contributed by atoms with Crippen molar-refractivity contribution >= 4 is 5.78 Å². The minimum absolute atomic E-state index is 0.0413. The first-order valence-electron chi connectivity index (χ1n) is 8.63. The number of carbonyl (C=O) groups excluding carboxylic acids is 1. The van der Waals surface area contributed by atoms with E-state index in [1.165, 1.54) is 30.4 Å². The number of nitrogens with zero attached hydrogens (tertiary/aromatic N) is 1.